The fourth-order valence-electron chi connectivity index (χ4n) is 2.95. The fraction of sp³-hybridized carbons (Fsp3) is 0.400. The zero-order chi connectivity index (χ0) is 15.1. The van der Waals surface area contributed by atoms with E-state index in [1.165, 1.54) is 0 Å². The third-order valence-corrected chi connectivity index (χ3v) is 4.16. The van der Waals surface area contributed by atoms with Crippen LogP contribution in [0.15, 0.2) is 29.1 Å². The summed E-state index contributed by atoms with van der Waals surface area (Å²) in [4.78, 5) is 14.7. The van der Waals surface area contributed by atoms with Crippen LogP contribution in [-0.4, -0.2) is 50.4 Å². The van der Waals surface area contributed by atoms with Crippen molar-refractivity contribution in [2.45, 2.75) is 6.54 Å². The number of morpholine rings is 1. The average molecular weight is 299 g/mol. The standard InChI is InChI=1S/C15H17N5O2/c1-18-14(21)11-4-2-3-5-12(11)20-13(16-17-15(18)20)10-19-6-8-22-9-7-19/h2-5H,6-10H2,1H3. The molecule has 0 bridgehead atoms. The minimum absolute atomic E-state index is 0.0478. The van der Waals surface area contributed by atoms with Gasteiger partial charge in [0.25, 0.3) is 5.56 Å². The Labute approximate surface area is 126 Å². The summed E-state index contributed by atoms with van der Waals surface area (Å²) < 4.78 is 8.91. The molecular weight excluding hydrogens is 282 g/mol. The Hall–Kier alpha value is -2.25. The van der Waals surface area contributed by atoms with Crippen LogP contribution in [0.5, 0.6) is 0 Å². The first-order chi connectivity index (χ1) is 10.8. The van der Waals surface area contributed by atoms with E-state index in [1.807, 2.05) is 28.7 Å². The molecule has 0 atom stereocenters. The van der Waals surface area contributed by atoms with Crippen molar-refractivity contribution in [1.82, 2.24) is 24.1 Å². The first-order valence-corrected chi connectivity index (χ1v) is 7.37. The Bertz CT molecular complexity index is 892. The van der Waals surface area contributed by atoms with Gasteiger partial charge in [0.1, 0.15) is 0 Å². The van der Waals surface area contributed by atoms with Crippen molar-refractivity contribution in [3.05, 3.63) is 40.4 Å². The van der Waals surface area contributed by atoms with Crippen LogP contribution in [0.1, 0.15) is 5.82 Å². The van der Waals surface area contributed by atoms with Crippen LogP contribution in [0.2, 0.25) is 0 Å². The van der Waals surface area contributed by atoms with Crippen LogP contribution in [-0.2, 0) is 18.3 Å². The predicted octanol–water partition coefficient (Wildman–Crippen LogP) is 0.413. The van der Waals surface area contributed by atoms with Gasteiger partial charge in [0, 0.05) is 20.1 Å². The molecule has 1 aliphatic heterocycles. The van der Waals surface area contributed by atoms with E-state index in [0.29, 0.717) is 17.7 Å². The SMILES string of the molecule is Cn1c(=O)c2ccccc2n2c(CN3CCOCC3)nnc12. The average Bonchev–Trinajstić information content (AvgIpc) is 2.97. The maximum Gasteiger partial charge on any atom is 0.262 e. The maximum absolute atomic E-state index is 12.4. The number of nitrogens with zero attached hydrogens (tertiary/aromatic N) is 5. The van der Waals surface area contributed by atoms with Gasteiger partial charge in [0.2, 0.25) is 5.78 Å². The molecule has 114 valence electrons. The number of aryl methyl sites for hydroxylation is 1. The van der Waals surface area contributed by atoms with Crippen molar-refractivity contribution in [3.63, 3.8) is 0 Å². The highest BCUT2D eigenvalue weighted by Crippen LogP contribution is 2.15. The smallest absolute Gasteiger partial charge is 0.262 e. The summed E-state index contributed by atoms with van der Waals surface area (Å²) in [6.07, 6.45) is 0. The minimum Gasteiger partial charge on any atom is -0.379 e. The van der Waals surface area contributed by atoms with E-state index in [4.69, 9.17) is 4.74 Å². The second-order valence-electron chi connectivity index (χ2n) is 5.52. The lowest BCUT2D eigenvalue weighted by Crippen LogP contribution is -2.36. The molecule has 0 aliphatic carbocycles. The van der Waals surface area contributed by atoms with Gasteiger partial charge in [0.05, 0.1) is 30.7 Å². The molecule has 3 aromatic rings. The van der Waals surface area contributed by atoms with E-state index in [0.717, 1.165) is 37.6 Å². The molecule has 22 heavy (non-hydrogen) atoms. The van der Waals surface area contributed by atoms with Crippen molar-refractivity contribution in [1.29, 1.82) is 0 Å². The molecule has 7 nitrogen and oxygen atoms in total. The number of para-hydroxylation sites is 1. The molecule has 4 rings (SSSR count). The largest absolute Gasteiger partial charge is 0.379 e. The number of ether oxygens (including phenoxy) is 1. The lowest BCUT2D eigenvalue weighted by Gasteiger charge is -2.25. The van der Waals surface area contributed by atoms with Crippen LogP contribution < -0.4 is 5.56 Å². The van der Waals surface area contributed by atoms with Gasteiger partial charge in [-0.05, 0) is 12.1 Å². The first kappa shape index (κ1) is 13.4. The second kappa shape index (κ2) is 5.19. The Balaban J connectivity index is 1.91. The molecule has 0 amide bonds. The Morgan fingerprint density at radius 1 is 1.18 bits per heavy atom. The molecule has 1 aromatic carbocycles. The molecule has 0 spiro atoms. The quantitative estimate of drug-likeness (QED) is 0.686. The number of rotatable bonds is 2. The summed E-state index contributed by atoms with van der Waals surface area (Å²) in [6.45, 7) is 3.97. The van der Waals surface area contributed by atoms with Gasteiger partial charge in [-0.1, -0.05) is 12.1 Å². The van der Waals surface area contributed by atoms with Gasteiger partial charge in [-0.25, -0.2) is 0 Å². The Morgan fingerprint density at radius 3 is 2.77 bits per heavy atom. The van der Waals surface area contributed by atoms with Crippen LogP contribution in [0, 0.1) is 0 Å². The van der Waals surface area contributed by atoms with Crippen LogP contribution in [0.4, 0.5) is 0 Å². The summed E-state index contributed by atoms with van der Waals surface area (Å²) >= 11 is 0. The van der Waals surface area contributed by atoms with Crippen molar-refractivity contribution < 1.29 is 4.74 Å². The highest BCUT2D eigenvalue weighted by atomic mass is 16.5. The van der Waals surface area contributed by atoms with E-state index in [2.05, 4.69) is 15.1 Å². The molecule has 1 aliphatic rings. The van der Waals surface area contributed by atoms with Crippen LogP contribution in [0.25, 0.3) is 16.7 Å². The van der Waals surface area contributed by atoms with E-state index in [9.17, 15) is 4.79 Å². The monoisotopic (exact) mass is 299 g/mol. The maximum atomic E-state index is 12.4. The number of benzene rings is 1. The minimum atomic E-state index is -0.0478. The molecule has 2 aromatic heterocycles. The zero-order valence-electron chi connectivity index (χ0n) is 12.4. The van der Waals surface area contributed by atoms with Crippen LogP contribution in [0.3, 0.4) is 0 Å². The predicted molar refractivity (Wildman–Crippen MR) is 81.8 cm³/mol. The van der Waals surface area contributed by atoms with E-state index >= 15 is 0 Å². The van der Waals surface area contributed by atoms with E-state index < -0.39 is 0 Å². The molecule has 1 fully saturated rings. The van der Waals surface area contributed by atoms with Crippen molar-refractivity contribution in [3.8, 4) is 0 Å². The van der Waals surface area contributed by atoms with Crippen molar-refractivity contribution in [2.75, 3.05) is 26.3 Å². The van der Waals surface area contributed by atoms with Crippen LogP contribution >= 0.6 is 0 Å². The number of aromatic nitrogens is 4. The molecule has 0 unspecified atom stereocenters. The summed E-state index contributed by atoms with van der Waals surface area (Å²) in [5.74, 6) is 1.43. The number of fused-ring (bicyclic) bond motifs is 3. The Kier molecular flexibility index (Phi) is 3.16. The third kappa shape index (κ3) is 2.01. The normalized spacial score (nSPS) is 16.6. The highest BCUT2D eigenvalue weighted by Gasteiger charge is 2.18. The van der Waals surface area contributed by atoms with Gasteiger partial charge in [0.15, 0.2) is 5.82 Å². The van der Waals surface area contributed by atoms with Gasteiger partial charge >= 0.3 is 0 Å². The molecule has 7 heteroatoms. The number of hydrogen-bond donors (Lipinski definition) is 0. The molecule has 0 radical (unpaired) electrons. The van der Waals surface area contributed by atoms with Gasteiger partial charge < -0.3 is 4.74 Å². The van der Waals surface area contributed by atoms with Crippen molar-refractivity contribution >= 4 is 16.7 Å². The van der Waals surface area contributed by atoms with Crippen molar-refractivity contribution in [2.24, 2.45) is 7.05 Å². The fourth-order valence-corrected chi connectivity index (χ4v) is 2.95. The van der Waals surface area contributed by atoms with E-state index in [-0.39, 0.29) is 5.56 Å². The van der Waals surface area contributed by atoms with Gasteiger partial charge in [-0.15, -0.1) is 10.2 Å². The zero-order valence-corrected chi connectivity index (χ0v) is 12.4. The third-order valence-electron chi connectivity index (χ3n) is 4.16. The summed E-state index contributed by atoms with van der Waals surface area (Å²) in [5.41, 5.74) is 0.808. The lowest BCUT2D eigenvalue weighted by molar-refractivity contribution is 0.0329. The second-order valence-corrected chi connectivity index (χ2v) is 5.52. The summed E-state index contributed by atoms with van der Waals surface area (Å²) in [7, 11) is 1.73. The van der Waals surface area contributed by atoms with Gasteiger partial charge in [-0.3, -0.25) is 18.7 Å². The molecular formula is C15H17N5O2. The topological polar surface area (TPSA) is 64.7 Å². The number of hydrogen-bond acceptors (Lipinski definition) is 5. The molecule has 0 saturated carbocycles. The summed E-state index contributed by atoms with van der Waals surface area (Å²) in [6, 6.07) is 7.59. The molecule has 0 N–H and O–H groups in total. The molecule has 3 heterocycles. The van der Waals surface area contributed by atoms with E-state index in [1.54, 1.807) is 11.6 Å². The van der Waals surface area contributed by atoms with Gasteiger partial charge in [-0.2, -0.15) is 0 Å². The first-order valence-electron chi connectivity index (χ1n) is 7.37. The lowest BCUT2D eigenvalue weighted by atomic mass is 10.2. The summed E-state index contributed by atoms with van der Waals surface area (Å²) in [5, 5.41) is 9.21. The molecule has 1 saturated heterocycles. The Morgan fingerprint density at radius 2 is 1.95 bits per heavy atom. The highest BCUT2D eigenvalue weighted by molar-refractivity contribution is 5.80.